The molecular weight excluding hydrogens is 394 g/mol. The molecular formula is C23H27N5O3. The maximum atomic E-state index is 6.20. The lowest BCUT2D eigenvalue weighted by atomic mass is 10.1. The van der Waals surface area contributed by atoms with Crippen molar-refractivity contribution in [3.63, 3.8) is 0 Å². The molecule has 31 heavy (non-hydrogen) atoms. The van der Waals surface area contributed by atoms with Crippen molar-refractivity contribution in [3.8, 4) is 16.9 Å². The van der Waals surface area contributed by atoms with Crippen molar-refractivity contribution in [1.29, 1.82) is 0 Å². The van der Waals surface area contributed by atoms with Gasteiger partial charge in [-0.25, -0.2) is 9.50 Å². The first-order valence-electron chi connectivity index (χ1n) is 11.0. The first-order valence-corrected chi connectivity index (χ1v) is 11.0. The number of hydrogen-bond acceptors (Lipinski definition) is 7. The molecule has 1 saturated heterocycles. The summed E-state index contributed by atoms with van der Waals surface area (Å²) in [6.45, 7) is 3.64. The van der Waals surface area contributed by atoms with Gasteiger partial charge in [-0.1, -0.05) is 0 Å². The highest BCUT2D eigenvalue weighted by molar-refractivity contribution is 5.79. The number of hydrogen-bond donors (Lipinski definition) is 1. The number of aromatic nitrogens is 3. The summed E-state index contributed by atoms with van der Waals surface area (Å²) >= 11 is 0. The number of rotatable bonds is 4. The lowest BCUT2D eigenvalue weighted by Gasteiger charge is -2.21. The second kappa shape index (κ2) is 7.78. The van der Waals surface area contributed by atoms with Crippen LogP contribution in [0, 0.1) is 5.92 Å². The second-order valence-corrected chi connectivity index (χ2v) is 8.58. The summed E-state index contributed by atoms with van der Waals surface area (Å²) in [6.07, 6.45) is 7.03. The summed E-state index contributed by atoms with van der Waals surface area (Å²) in [5.74, 6) is 2.45. The Morgan fingerprint density at radius 1 is 1.23 bits per heavy atom. The highest BCUT2D eigenvalue weighted by Crippen LogP contribution is 2.45. The maximum absolute atomic E-state index is 6.20. The molecule has 6 rings (SSSR count). The van der Waals surface area contributed by atoms with Gasteiger partial charge >= 0.3 is 0 Å². The molecule has 0 spiro atoms. The van der Waals surface area contributed by atoms with Gasteiger partial charge in [0, 0.05) is 38.5 Å². The Balaban J connectivity index is 1.34. The van der Waals surface area contributed by atoms with E-state index in [1.807, 2.05) is 18.5 Å². The molecule has 2 unspecified atom stereocenters. The molecule has 1 N–H and O–H groups in total. The minimum Gasteiger partial charge on any atom is -0.492 e. The van der Waals surface area contributed by atoms with Crippen molar-refractivity contribution < 1.29 is 14.2 Å². The van der Waals surface area contributed by atoms with Gasteiger partial charge in [-0.2, -0.15) is 5.10 Å². The van der Waals surface area contributed by atoms with Crippen molar-refractivity contribution in [1.82, 2.24) is 19.5 Å². The molecule has 1 aliphatic carbocycles. The summed E-state index contributed by atoms with van der Waals surface area (Å²) in [5.41, 5.74) is 3.88. The van der Waals surface area contributed by atoms with Gasteiger partial charge in [0.2, 0.25) is 0 Å². The Labute approximate surface area is 181 Å². The first kappa shape index (κ1) is 19.0. The minimum absolute atomic E-state index is 0.220. The number of ether oxygens (including phenoxy) is 3. The topological polar surface area (TPSA) is 76.5 Å². The quantitative estimate of drug-likeness (QED) is 0.649. The molecule has 162 valence electrons. The standard InChI is InChI=1S/C23H27N5O3/c1-29-14-15-10-17-12-18(11-15)30-9-8-27(23-21(31-23)16-2-3-16)7-5-24-20-4-6-28-22(26-20)19(17)13-25-28/h4,6,10-13,16,21,23H,2-3,5,7-9,14H2,1H3,(H,24,26). The van der Waals surface area contributed by atoms with Crippen molar-refractivity contribution >= 4 is 11.5 Å². The summed E-state index contributed by atoms with van der Waals surface area (Å²) in [4.78, 5) is 7.23. The van der Waals surface area contributed by atoms with Gasteiger partial charge in [0.25, 0.3) is 0 Å². The van der Waals surface area contributed by atoms with Crippen molar-refractivity contribution in [2.75, 3.05) is 38.7 Å². The molecule has 0 amide bonds. The maximum Gasteiger partial charge on any atom is 0.165 e. The molecule has 8 nitrogen and oxygen atoms in total. The van der Waals surface area contributed by atoms with Crippen LogP contribution in [0.25, 0.3) is 16.8 Å². The Bertz CT molecular complexity index is 1100. The Hall–Kier alpha value is -2.68. The highest BCUT2D eigenvalue weighted by Gasteiger charge is 2.52. The number of benzene rings is 1. The van der Waals surface area contributed by atoms with Gasteiger partial charge in [0.15, 0.2) is 5.65 Å². The van der Waals surface area contributed by atoms with E-state index in [0.29, 0.717) is 19.3 Å². The molecule has 1 aromatic carbocycles. The van der Waals surface area contributed by atoms with E-state index in [9.17, 15) is 0 Å². The van der Waals surface area contributed by atoms with Crippen molar-refractivity contribution in [2.24, 2.45) is 5.92 Å². The van der Waals surface area contributed by atoms with Crippen molar-refractivity contribution in [3.05, 3.63) is 42.2 Å². The molecule has 2 fully saturated rings. The molecule has 2 atom stereocenters. The predicted molar refractivity (Wildman–Crippen MR) is 116 cm³/mol. The number of nitrogens with zero attached hydrogens (tertiary/aromatic N) is 4. The first-order chi connectivity index (χ1) is 15.3. The van der Waals surface area contributed by atoms with E-state index in [1.165, 1.54) is 12.8 Å². The van der Waals surface area contributed by atoms with Gasteiger partial charge in [-0.15, -0.1) is 0 Å². The van der Waals surface area contributed by atoms with Crippen LogP contribution in [0.4, 0.5) is 5.82 Å². The number of epoxide rings is 1. The normalized spacial score (nSPS) is 23.9. The number of fused-ring (bicyclic) bond motifs is 4. The third-order valence-corrected chi connectivity index (χ3v) is 6.26. The van der Waals surface area contributed by atoms with Crippen LogP contribution in [0.15, 0.2) is 36.7 Å². The molecule has 2 aliphatic heterocycles. The van der Waals surface area contributed by atoms with E-state index in [0.717, 1.165) is 59.5 Å². The zero-order valence-corrected chi connectivity index (χ0v) is 17.7. The zero-order chi connectivity index (χ0) is 20.8. The van der Waals surface area contributed by atoms with Crippen LogP contribution in [-0.4, -0.2) is 65.2 Å². The summed E-state index contributed by atoms with van der Waals surface area (Å²) < 4.78 is 19.4. The minimum atomic E-state index is 0.220. The fourth-order valence-corrected chi connectivity index (χ4v) is 4.47. The van der Waals surface area contributed by atoms with Gasteiger partial charge in [-0.05, 0) is 54.2 Å². The van der Waals surface area contributed by atoms with E-state index >= 15 is 0 Å². The van der Waals surface area contributed by atoms with Crippen LogP contribution in [0.2, 0.25) is 0 Å². The number of nitrogens with one attached hydrogen (secondary N) is 1. The van der Waals surface area contributed by atoms with E-state index in [1.54, 1.807) is 11.6 Å². The van der Waals surface area contributed by atoms with Crippen LogP contribution < -0.4 is 10.1 Å². The van der Waals surface area contributed by atoms with E-state index in [2.05, 4.69) is 33.5 Å². The van der Waals surface area contributed by atoms with Crippen molar-refractivity contribution in [2.45, 2.75) is 31.8 Å². The third-order valence-electron chi connectivity index (χ3n) is 6.26. The van der Waals surface area contributed by atoms with Gasteiger partial charge in [-0.3, -0.25) is 4.90 Å². The average Bonchev–Trinajstić information content (AvgIpc) is 3.68. The lowest BCUT2D eigenvalue weighted by molar-refractivity contribution is 0.150. The van der Waals surface area contributed by atoms with Crippen LogP contribution in [-0.2, 0) is 16.1 Å². The van der Waals surface area contributed by atoms with Gasteiger partial charge in [0.1, 0.15) is 30.5 Å². The predicted octanol–water partition coefficient (Wildman–Crippen LogP) is 2.78. The second-order valence-electron chi connectivity index (χ2n) is 8.58. The van der Waals surface area contributed by atoms with E-state index in [-0.39, 0.29) is 6.23 Å². The smallest absolute Gasteiger partial charge is 0.165 e. The molecule has 1 saturated carbocycles. The largest absolute Gasteiger partial charge is 0.492 e. The molecule has 3 aromatic rings. The number of methoxy groups -OCH3 is 1. The zero-order valence-electron chi connectivity index (χ0n) is 17.7. The number of anilines is 1. The van der Waals surface area contributed by atoms with Crippen LogP contribution >= 0.6 is 0 Å². The molecule has 4 heterocycles. The Morgan fingerprint density at radius 3 is 3.03 bits per heavy atom. The molecule has 3 aliphatic rings. The fraction of sp³-hybridized carbons (Fsp3) is 0.478. The summed E-state index contributed by atoms with van der Waals surface area (Å²) in [5, 5.41) is 7.96. The molecule has 8 heteroatoms. The Morgan fingerprint density at radius 2 is 2.16 bits per heavy atom. The van der Waals surface area contributed by atoms with Gasteiger partial charge < -0.3 is 19.5 Å². The van der Waals surface area contributed by atoms with Crippen LogP contribution in [0.1, 0.15) is 18.4 Å². The average molecular weight is 422 g/mol. The SMILES string of the molecule is COCc1cc2cc(c1)-c1cnn3ccc(nc13)NCCN(C1OC1C1CC1)CCO2. The van der Waals surface area contributed by atoms with Crippen LogP contribution in [0.5, 0.6) is 5.75 Å². The monoisotopic (exact) mass is 421 g/mol. The summed E-state index contributed by atoms with van der Waals surface area (Å²) in [7, 11) is 1.71. The third kappa shape index (κ3) is 3.86. The van der Waals surface area contributed by atoms with E-state index < -0.39 is 0 Å². The molecule has 0 radical (unpaired) electrons. The van der Waals surface area contributed by atoms with E-state index in [4.69, 9.17) is 19.2 Å². The summed E-state index contributed by atoms with van der Waals surface area (Å²) in [6, 6.07) is 8.20. The van der Waals surface area contributed by atoms with Crippen LogP contribution in [0.3, 0.4) is 0 Å². The fourth-order valence-electron chi connectivity index (χ4n) is 4.47. The molecule has 2 aromatic heterocycles. The Kier molecular flexibility index (Phi) is 4.78. The molecule has 4 bridgehead atoms. The van der Waals surface area contributed by atoms with Gasteiger partial charge in [0.05, 0.1) is 12.8 Å². The lowest BCUT2D eigenvalue weighted by Crippen LogP contribution is -2.36. The highest BCUT2D eigenvalue weighted by atomic mass is 16.6.